The first-order chi connectivity index (χ1) is 18.8. The van der Waals surface area contributed by atoms with E-state index in [1.54, 1.807) is 40.8 Å². The van der Waals surface area contributed by atoms with Crippen LogP contribution < -0.4 is 10.9 Å². The normalized spacial score (nSPS) is 14.7. The average molecular weight is 540 g/mol. The second kappa shape index (κ2) is 9.32. The summed E-state index contributed by atoms with van der Waals surface area (Å²) in [5.74, 6) is -1.21. The summed E-state index contributed by atoms with van der Waals surface area (Å²) < 4.78 is 3.83. The van der Waals surface area contributed by atoms with Crippen LogP contribution in [0.2, 0.25) is 5.02 Å². The Hall–Kier alpha value is -4.56. The van der Waals surface area contributed by atoms with Crippen molar-refractivity contribution in [2.75, 3.05) is 6.54 Å². The quantitative estimate of drug-likeness (QED) is 0.326. The number of aryl methyl sites for hydroxylation is 2. The Balaban J connectivity index is 1.27. The lowest BCUT2D eigenvalue weighted by Gasteiger charge is -2.26. The smallest absolute Gasteiger partial charge is 0.286 e. The predicted molar refractivity (Wildman–Crippen MR) is 151 cm³/mol. The number of hydrazine groups is 1. The van der Waals surface area contributed by atoms with Gasteiger partial charge in [-0.15, -0.1) is 0 Å². The number of nitrogens with one attached hydrogen (secondary N) is 2. The fourth-order valence-corrected chi connectivity index (χ4v) is 5.84. The fourth-order valence-electron chi connectivity index (χ4n) is 5.66. The van der Waals surface area contributed by atoms with Crippen LogP contribution in [0.1, 0.15) is 43.7 Å². The maximum Gasteiger partial charge on any atom is 0.286 e. The number of nitrogens with zero attached hydrogens (tertiary/aromatic N) is 3. The molecule has 0 saturated heterocycles. The van der Waals surface area contributed by atoms with Crippen LogP contribution in [0, 0.1) is 6.92 Å². The number of hydrogen-bond acceptors (Lipinski definition) is 3. The molecule has 1 atom stereocenters. The van der Waals surface area contributed by atoms with Crippen LogP contribution in [0.15, 0.2) is 72.8 Å². The van der Waals surface area contributed by atoms with Crippen molar-refractivity contribution in [2.45, 2.75) is 13.0 Å². The Morgan fingerprint density at radius 2 is 1.64 bits per heavy atom. The number of rotatable bonds is 4. The van der Waals surface area contributed by atoms with Crippen molar-refractivity contribution in [3.63, 3.8) is 0 Å². The Kier molecular flexibility index (Phi) is 5.92. The van der Waals surface area contributed by atoms with Crippen LogP contribution in [0.4, 0.5) is 0 Å². The standard InChI is InChI=1S/C30H26ClN5O3/c1-17-27(22-10-6-7-11-24(22)34(17)2)28-20-8-4-5-9-21(20)30(39)36(28)16-26(37)32-33-29(38)25-15-18-14-19(31)12-13-23(18)35(25)3/h4-15,28H,16H2,1-3H3,(H,32,37)(H,33,38). The minimum atomic E-state index is -0.505. The molecule has 8 nitrogen and oxygen atoms in total. The minimum Gasteiger partial charge on any atom is -0.348 e. The summed E-state index contributed by atoms with van der Waals surface area (Å²) in [6, 6.07) is 22.1. The second-order valence-corrected chi connectivity index (χ2v) is 10.2. The second-order valence-electron chi connectivity index (χ2n) is 9.79. The van der Waals surface area contributed by atoms with Gasteiger partial charge in [-0.2, -0.15) is 0 Å². The van der Waals surface area contributed by atoms with E-state index in [1.807, 2.05) is 62.5 Å². The van der Waals surface area contributed by atoms with E-state index in [0.29, 0.717) is 16.3 Å². The number of para-hydroxylation sites is 1. The summed E-state index contributed by atoms with van der Waals surface area (Å²) >= 11 is 6.09. The molecule has 0 radical (unpaired) electrons. The number of carbonyl (C=O) groups excluding carboxylic acids is 3. The van der Waals surface area contributed by atoms with Crippen LogP contribution >= 0.6 is 11.6 Å². The van der Waals surface area contributed by atoms with Gasteiger partial charge in [-0.25, -0.2) is 0 Å². The van der Waals surface area contributed by atoms with Crippen LogP contribution in [-0.4, -0.2) is 38.3 Å². The summed E-state index contributed by atoms with van der Waals surface area (Å²) in [5, 5.41) is 2.41. The molecule has 0 spiro atoms. The molecule has 1 unspecified atom stereocenters. The molecule has 0 saturated carbocycles. The number of fused-ring (bicyclic) bond motifs is 3. The highest BCUT2D eigenvalue weighted by Gasteiger charge is 2.40. The lowest BCUT2D eigenvalue weighted by molar-refractivity contribution is -0.122. The van der Waals surface area contributed by atoms with Crippen molar-refractivity contribution in [1.82, 2.24) is 24.9 Å². The fraction of sp³-hybridized carbons (Fsp3) is 0.167. The van der Waals surface area contributed by atoms with Gasteiger partial charge in [0.15, 0.2) is 0 Å². The molecule has 0 bridgehead atoms. The Morgan fingerprint density at radius 1 is 0.897 bits per heavy atom. The maximum atomic E-state index is 13.5. The first-order valence-electron chi connectivity index (χ1n) is 12.5. The summed E-state index contributed by atoms with van der Waals surface area (Å²) in [5.41, 5.74) is 10.7. The molecule has 1 aliphatic heterocycles. The van der Waals surface area contributed by atoms with Gasteiger partial charge in [0.25, 0.3) is 17.7 Å². The number of hydrogen-bond donors (Lipinski definition) is 2. The number of carbonyl (C=O) groups is 3. The lowest BCUT2D eigenvalue weighted by atomic mass is 9.95. The van der Waals surface area contributed by atoms with Gasteiger partial charge in [-0.1, -0.05) is 48.0 Å². The van der Waals surface area contributed by atoms with E-state index in [4.69, 9.17) is 11.6 Å². The third-order valence-corrected chi connectivity index (χ3v) is 7.88. The molecule has 39 heavy (non-hydrogen) atoms. The van der Waals surface area contributed by atoms with Gasteiger partial charge in [0.1, 0.15) is 12.2 Å². The van der Waals surface area contributed by atoms with E-state index in [1.165, 1.54) is 0 Å². The monoisotopic (exact) mass is 539 g/mol. The zero-order valence-electron chi connectivity index (χ0n) is 21.7. The summed E-state index contributed by atoms with van der Waals surface area (Å²) in [6.07, 6.45) is 0. The van der Waals surface area contributed by atoms with Crippen LogP contribution in [-0.2, 0) is 18.9 Å². The molecule has 3 amide bonds. The summed E-state index contributed by atoms with van der Waals surface area (Å²) in [6.45, 7) is 1.79. The van der Waals surface area contributed by atoms with E-state index in [2.05, 4.69) is 15.4 Å². The zero-order valence-corrected chi connectivity index (χ0v) is 22.4. The molecule has 3 heterocycles. The molecule has 2 N–H and O–H groups in total. The first kappa shape index (κ1) is 24.8. The number of benzene rings is 3. The molecule has 0 fully saturated rings. The van der Waals surface area contributed by atoms with Crippen molar-refractivity contribution in [2.24, 2.45) is 14.1 Å². The Morgan fingerprint density at radius 3 is 2.46 bits per heavy atom. The van der Waals surface area contributed by atoms with Gasteiger partial charge < -0.3 is 14.0 Å². The van der Waals surface area contributed by atoms with E-state index >= 15 is 0 Å². The van der Waals surface area contributed by atoms with E-state index in [-0.39, 0.29) is 12.5 Å². The molecule has 196 valence electrons. The summed E-state index contributed by atoms with van der Waals surface area (Å²) in [4.78, 5) is 41.1. The van der Waals surface area contributed by atoms with Crippen molar-refractivity contribution in [1.29, 1.82) is 0 Å². The highest BCUT2D eigenvalue weighted by molar-refractivity contribution is 6.31. The van der Waals surface area contributed by atoms with Gasteiger partial charge in [-0.05, 0) is 48.9 Å². The highest BCUT2D eigenvalue weighted by atomic mass is 35.5. The molecule has 6 rings (SSSR count). The predicted octanol–water partition coefficient (Wildman–Crippen LogP) is 4.64. The van der Waals surface area contributed by atoms with Crippen LogP contribution in [0.5, 0.6) is 0 Å². The lowest BCUT2D eigenvalue weighted by Crippen LogP contribution is -2.47. The minimum absolute atomic E-state index is 0.227. The maximum absolute atomic E-state index is 13.5. The van der Waals surface area contributed by atoms with Crippen molar-refractivity contribution in [3.05, 3.63) is 106 Å². The van der Waals surface area contributed by atoms with Crippen LogP contribution in [0.25, 0.3) is 21.8 Å². The molecule has 2 aromatic heterocycles. The van der Waals surface area contributed by atoms with Gasteiger partial charge in [-0.3, -0.25) is 25.2 Å². The van der Waals surface area contributed by atoms with Crippen LogP contribution in [0.3, 0.4) is 0 Å². The molecular formula is C30H26ClN5O3. The van der Waals surface area contributed by atoms with E-state index in [0.717, 1.165) is 38.6 Å². The number of aromatic nitrogens is 2. The Bertz CT molecular complexity index is 1820. The van der Waals surface area contributed by atoms with Gasteiger partial charge in [0, 0.05) is 57.7 Å². The van der Waals surface area contributed by atoms with Gasteiger partial charge >= 0.3 is 0 Å². The highest BCUT2D eigenvalue weighted by Crippen LogP contribution is 2.43. The van der Waals surface area contributed by atoms with E-state index in [9.17, 15) is 14.4 Å². The molecular weight excluding hydrogens is 514 g/mol. The van der Waals surface area contributed by atoms with Crippen molar-refractivity contribution in [3.8, 4) is 0 Å². The molecule has 0 aliphatic carbocycles. The Labute approximate surface area is 229 Å². The van der Waals surface area contributed by atoms with Crippen molar-refractivity contribution >= 4 is 51.1 Å². The number of halogens is 1. The average Bonchev–Trinajstić information content (AvgIpc) is 3.50. The zero-order chi connectivity index (χ0) is 27.4. The molecule has 5 aromatic rings. The third kappa shape index (κ3) is 3.95. The topological polar surface area (TPSA) is 88.4 Å². The van der Waals surface area contributed by atoms with Crippen molar-refractivity contribution < 1.29 is 14.4 Å². The first-order valence-corrected chi connectivity index (χ1v) is 12.9. The van der Waals surface area contributed by atoms with Gasteiger partial charge in [0.2, 0.25) is 0 Å². The molecule has 9 heteroatoms. The third-order valence-electron chi connectivity index (χ3n) is 7.65. The SMILES string of the molecule is Cc1c(C2c3ccccc3C(=O)N2CC(=O)NNC(=O)c2cc3cc(Cl)ccc3n2C)c2ccccc2n1C. The molecule has 3 aromatic carbocycles. The van der Waals surface area contributed by atoms with Gasteiger partial charge in [0.05, 0.1) is 6.04 Å². The van der Waals surface area contributed by atoms with E-state index < -0.39 is 17.9 Å². The molecule has 1 aliphatic rings. The summed E-state index contributed by atoms with van der Waals surface area (Å²) in [7, 11) is 3.77. The largest absolute Gasteiger partial charge is 0.348 e. The number of amides is 3.